The van der Waals surface area contributed by atoms with Crippen LogP contribution < -0.4 is 11.1 Å². The minimum Gasteiger partial charge on any atom is -0.478 e. The second kappa shape index (κ2) is 6.28. The van der Waals surface area contributed by atoms with E-state index in [4.69, 9.17) is 22.4 Å². The maximum absolute atomic E-state index is 11.0. The highest BCUT2D eigenvalue weighted by Crippen LogP contribution is 2.23. The van der Waals surface area contributed by atoms with Gasteiger partial charge in [-0.1, -0.05) is 23.7 Å². The molecule has 1 amide bonds. The lowest BCUT2D eigenvalue weighted by molar-refractivity contribution is 0.0696. The van der Waals surface area contributed by atoms with Crippen LogP contribution in [0.2, 0.25) is 5.02 Å². The van der Waals surface area contributed by atoms with Crippen LogP contribution in [0.5, 0.6) is 0 Å². The van der Waals surface area contributed by atoms with Crippen molar-refractivity contribution in [2.24, 2.45) is 5.73 Å². The summed E-state index contributed by atoms with van der Waals surface area (Å²) in [6.45, 7) is 0.413. The van der Waals surface area contributed by atoms with Crippen LogP contribution in [0.1, 0.15) is 26.3 Å². The van der Waals surface area contributed by atoms with Gasteiger partial charge in [-0.25, -0.2) is 4.79 Å². The molecule has 2 aromatic carbocycles. The zero-order valence-corrected chi connectivity index (χ0v) is 11.7. The summed E-state index contributed by atoms with van der Waals surface area (Å²) in [6.07, 6.45) is 0. The number of nitrogens with one attached hydrogen (secondary N) is 1. The normalized spacial score (nSPS) is 10.1. The number of carboxylic acids is 1. The number of nitrogens with two attached hydrogens (primary N) is 1. The number of anilines is 1. The number of primary amides is 1. The Morgan fingerprint density at radius 1 is 1.14 bits per heavy atom. The second-order valence-corrected chi connectivity index (χ2v) is 4.83. The van der Waals surface area contributed by atoms with Crippen molar-refractivity contribution < 1.29 is 14.7 Å². The van der Waals surface area contributed by atoms with Crippen molar-refractivity contribution in [3.8, 4) is 0 Å². The molecule has 0 fully saturated rings. The first-order valence-corrected chi connectivity index (χ1v) is 6.50. The molecule has 0 radical (unpaired) electrons. The number of amides is 1. The molecule has 0 saturated heterocycles. The third-order valence-electron chi connectivity index (χ3n) is 2.91. The van der Waals surface area contributed by atoms with E-state index < -0.39 is 11.9 Å². The quantitative estimate of drug-likeness (QED) is 0.792. The van der Waals surface area contributed by atoms with Crippen LogP contribution in [0.4, 0.5) is 5.69 Å². The van der Waals surface area contributed by atoms with Crippen LogP contribution >= 0.6 is 11.6 Å². The zero-order chi connectivity index (χ0) is 15.4. The molecule has 5 nitrogen and oxygen atoms in total. The highest BCUT2D eigenvalue weighted by molar-refractivity contribution is 6.33. The molecule has 108 valence electrons. The van der Waals surface area contributed by atoms with Gasteiger partial charge in [-0.05, 0) is 35.9 Å². The van der Waals surface area contributed by atoms with Crippen molar-refractivity contribution in [3.63, 3.8) is 0 Å². The Labute approximate surface area is 126 Å². The van der Waals surface area contributed by atoms with Gasteiger partial charge in [0.15, 0.2) is 0 Å². The number of carbonyl (C=O) groups excluding carboxylic acids is 1. The highest BCUT2D eigenvalue weighted by Gasteiger charge is 2.06. The van der Waals surface area contributed by atoms with Gasteiger partial charge < -0.3 is 16.2 Å². The van der Waals surface area contributed by atoms with E-state index in [1.807, 2.05) is 6.07 Å². The fourth-order valence-corrected chi connectivity index (χ4v) is 2.07. The van der Waals surface area contributed by atoms with Gasteiger partial charge in [0.25, 0.3) is 0 Å². The molecule has 6 heteroatoms. The van der Waals surface area contributed by atoms with Crippen molar-refractivity contribution in [1.29, 1.82) is 0 Å². The number of rotatable bonds is 5. The molecule has 2 rings (SSSR count). The molecule has 0 aliphatic carbocycles. The predicted molar refractivity (Wildman–Crippen MR) is 80.7 cm³/mol. The topological polar surface area (TPSA) is 92.4 Å². The smallest absolute Gasteiger partial charge is 0.335 e. The lowest BCUT2D eigenvalue weighted by atomic mass is 10.1. The largest absolute Gasteiger partial charge is 0.478 e. The van der Waals surface area contributed by atoms with Crippen LogP contribution in [0, 0.1) is 0 Å². The second-order valence-electron chi connectivity index (χ2n) is 4.42. The predicted octanol–water partition coefficient (Wildman–Crippen LogP) is 2.75. The van der Waals surface area contributed by atoms with Crippen molar-refractivity contribution in [3.05, 3.63) is 64.2 Å². The third-order valence-corrected chi connectivity index (χ3v) is 3.22. The molecule has 0 bridgehead atoms. The summed E-state index contributed by atoms with van der Waals surface area (Å²) in [4.78, 5) is 21.9. The van der Waals surface area contributed by atoms with E-state index in [2.05, 4.69) is 5.32 Å². The van der Waals surface area contributed by atoms with E-state index in [9.17, 15) is 9.59 Å². The molecule has 21 heavy (non-hydrogen) atoms. The van der Waals surface area contributed by atoms with Crippen molar-refractivity contribution in [2.45, 2.75) is 6.54 Å². The average Bonchev–Trinajstić information content (AvgIpc) is 2.46. The van der Waals surface area contributed by atoms with Gasteiger partial charge in [-0.3, -0.25) is 4.79 Å². The Morgan fingerprint density at radius 2 is 1.90 bits per heavy atom. The summed E-state index contributed by atoms with van der Waals surface area (Å²) in [6, 6.07) is 11.3. The van der Waals surface area contributed by atoms with Gasteiger partial charge in [0, 0.05) is 12.1 Å². The summed E-state index contributed by atoms with van der Waals surface area (Å²) < 4.78 is 0. The lowest BCUT2D eigenvalue weighted by Crippen LogP contribution is -2.11. The number of hydrogen-bond acceptors (Lipinski definition) is 3. The van der Waals surface area contributed by atoms with Crippen LogP contribution in [0.25, 0.3) is 0 Å². The minimum absolute atomic E-state index is 0.226. The number of carbonyl (C=O) groups is 2. The van der Waals surface area contributed by atoms with Crippen molar-refractivity contribution >= 4 is 29.2 Å². The Morgan fingerprint density at radius 3 is 2.52 bits per heavy atom. The van der Waals surface area contributed by atoms with Gasteiger partial charge in [-0.15, -0.1) is 0 Å². The van der Waals surface area contributed by atoms with E-state index in [0.29, 0.717) is 22.8 Å². The van der Waals surface area contributed by atoms with E-state index in [1.165, 1.54) is 12.1 Å². The molecule has 0 aliphatic rings. The number of benzene rings is 2. The summed E-state index contributed by atoms with van der Waals surface area (Å²) in [7, 11) is 0. The number of aromatic carboxylic acids is 1. The van der Waals surface area contributed by atoms with Crippen LogP contribution in [0.15, 0.2) is 42.5 Å². The number of hydrogen-bond donors (Lipinski definition) is 3. The molecule has 0 atom stereocenters. The van der Waals surface area contributed by atoms with Gasteiger partial charge >= 0.3 is 5.97 Å². The zero-order valence-electron chi connectivity index (χ0n) is 11.0. The SMILES string of the molecule is NC(=O)c1ccc(NCc2cccc(C(=O)O)c2)c(Cl)c1. The van der Waals surface area contributed by atoms with Gasteiger partial charge in [0.05, 0.1) is 16.3 Å². The van der Waals surface area contributed by atoms with Crippen molar-refractivity contribution in [2.75, 3.05) is 5.32 Å². The molecule has 0 heterocycles. The lowest BCUT2D eigenvalue weighted by Gasteiger charge is -2.09. The van der Waals surface area contributed by atoms with E-state index in [1.54, 1.807) is 24.3 Å². The Kier molecular flexibility index (Phi) is 4.45. The van der Waals surface area contributed by atoms with Crippen LogP contribution in [0.3, 0.4) is 0 Å². The number of halogens is 1. The van der Waals surface area contributed by atoms with Crippen LogP contribution in [-0.4, -0.2) is 17.0 Å². The molecule has 4 N–H and O–H groups in total. The van der Waals surface area contributed by atoms with E-state index in [-0.39, 0.29) is 5.56 Å². The van der Waals surface area contributed by atoms with Crippen molar-refractivity contribution in [1.82, 2.24) is 0 Å². The molecular weight excluding hydrogens is 292 g/mol. The highest BCUT2D eigenvalue weighted by atomic mass is 35.5. The first-order valence-electron chi connectivity index (χ1n) is 6.13. The first-order chi connectivity index (χ1) is 9.97. The maximum atomic E-state index is 11.0. The molecular formula is C15H13ClN2O3. The van der Waals surface area contributed by atoms with E-state index in [0.717, 1.165) is 5.56 Å². The van der Waals surface area contributed by atoms with Crippen LogP contribution in [-0.2, 0) is 6.54 Å². The molecule has 0 unspecified atom stereocenters. The summed E-state index contributed by atoms with van der Waals surface area (Å²) in [5.74, 6) is -1.52. The van der Waals surface area contributed by atoms with Gasteiger partial charge in [0.1, 0.15) is 0 Å². The molecule has 0 aromatic heterocycles. The first kappa shape index (κ1) is 14.9. The standard InChI is InChI=1S/C15H13ClN2O3/c16-12-7-10(14(17)19)4-5-13(12)18-8-9-2-1-3-11(6-9)15(20)21/h1-7,18H,8H2,(H2,17,19)(H,20,21). The summed E-state index contributed by atoms with van der Waals surface area (Å²) >= 11 is 6.06. The molecule has 2 aromatic rings. The monoisotopic (exact) mass is 304 g/mol. The molecule has 0 aliphatic heterocycles. The Balaban J connectivity index is 2.11. The van der Waals surface area contributed by atoms with E-state index >= 15 is 0 Å². The maximum Gasteiger partial charge on any atom is 0.335 e. The molecule has 0 saturated carbocycles. The summed E-state index contributed by atoms with van der Waals surface area (Å²) in [5.41, 5.74) is 7.18. The fourth-order valence-electron chi connectivity index (χ4n) is 1.82. The fraction of sp³-hybridized carbons (Fsp3) is 0.0667. The minimum atomic E-state index is -0.972. The Hall–Kier alpha value is -2.53. The molecule has 0 spiro atoms. The third kappa shape index (κ3) is 3.73. The average molecular weight is 305 g/mol. The van der Waals surface area contributed by atoms with Gasteiger partial charge in [-0.2, -0.15) is 0 Å². The Bertz CT molecular complexity index is 701. The summed E-state index contributed by atoms with van der Waals surface area (Å²) in [5, 5.41) is 12.4. The number of carboxylic acid groups (broad SMARTS) is 1. The van der Waals surface area contributed by atoms with Gasteiger partial charge in [0.2, 0.25) is 5.91 Å².